The zero-order chi connectivity index (χ0) is 23.4. The first kappa shape index (κ1) is 25.3. The van der Waals surface area contributed by atoms with Crippen LogP contribution in [0.15, 0.2) is 23.1 Å². The number of methoxy groups -OCH3 is 2. The van der Waals surface area contributed by atoms with E-state index >= 15 is 0 Å². The van der Waals surface area contributed by atoms with E-state index in [1.54, 1.807) is 11.0 Å². The van der Waals surface area contributed by atoms with E-state index in [1.807, 2.05) is 34.6 Å². The van der Waals surface area contributed by atoms with Crippen molar-refractivity contribution in [3.63, 3.8) is 0 Å². The van der Waals surface area contributed by atoms with Crippen LogP contribution in [-0.2, 0) is 14.8 Å². The minimum atomic E-state index is -3.69. The van der Waals surface area contributed by atoms with Crippen molar-refractivity contribution in [1.29, 1.82) is 0 Å². The van der Waals surface area contributed by atoms with E-state index < -0.39 is 15.6 Å². The molecule has 1 aliphatic rings. The van der Waals surface area contributed by atoms with Crippen LogP contribution in [0.2, 0.25) is 0 Å². The molecule has 1 unspecified atom stereocenters. The Balaban J connectivity index is 2.17. The van der Waals surface area contributed by atoms with Crippen molar-refractivity contribution in [1.82, 2.24) is 9.21 Å². The summed E-state index contributed by atoms with van der Waals surface area (Å²) in [5, 5.41) is 0. The van der Waals surface area contributed by atoms with E-state index in [0.29, 0.717) is 31.1 Å². The van der Waals surface area contributed by atoms with Gasteiger partial charge in [0.15, 0.2) is 11.5 Å². The minimum absolute atomic E-state index is 0.0265. The molecule has 0 spiro atoms. The molecular formula is C22H36N2O6S. The maximum Gasteiger partial charge on any atom is 0.410 e. The fourth-order valence-corrected chi connectivity index (χ4v) is 5.19. The van der Waals surface area contributed by atoms with E-state index in [0.717, 1.165) is 12.8 Å². The average molecular weight is 457 g/mol. The van der Waals surface area contributed by atoms with Gasteiger partial charge in [-0.15, -0.1) is 0 Å². The van der Waals surface area contributed by atoms with Gasteiger partial charge in [0.1, 0.15) is 5.60 Å². The number of ether oxygens (including phenoxy) is 3. The second-order valence-electron chi connectivity index (χ2n) is 9.11. The number of nitrogens with zero attached hydrogens (tertiary/aromatic N) is 2. The van der Waals surface area contributed by atoms with Crippen molar-refractivity contribution in [3.05, 3.63) is 18.2 Å². The highest BCUT2D eigenvalue weighted by Crippen LogP contribution is 2.32. The maximum absolute atomic E-state index is 13.3. The van der Waals surface area contributed by atoms with Gasteiger partial charge in [-0.25, -0.2) is 13.2 Å². The van der Waals surface area contributed by atoms with Gasteiger partial charge in [-0.3, -0.25) is 0 Å². The normalized spacial score (nSPS) is 18.0. The van der Waals surface area contributed by atoms with Gasteiger partial charge in [0, 0.05) is 31.7 Å². The predicted octanol–water partition coefficient (Wildman–Crippen LogP) is 3.75. The summed E-state index contributed by atoms with van der Waals surface area (Å²) in [7, 11) is -0.714. The van der Waals surface area contributed by atoms with Gasteiger partial charge >= 0.3 is 6.09 Å². The number of amides is 1. The largest absolute Gasteiger partial charge is 0.493 e. The van der Waals surface area contributed by atoms with Crippen LogP contribution in [0.1, 0.15) is 47.5 Å². The van der Waals surface area contributed by atoms with Gasteiger partial charge in [-0.1, -0.05) is 0 Å². The molecule has 1 fully saturated rings. The molecule has 1 amide bonds. The Morgan fingerprint density at radius 2 is 1.84 bits per heavy atom. The molecule has 1 aromatic rings. The lowest BCUT2D eigenvalue weighted by atomic mass is 9.98. The van der Waals surface area contributed by atoms with Crippen LogP contribution in [0.25, 0.3) is 0 Å². The average Bonchev–Trinajstić information content (AvgIpc) is 2.70. The number of hydrogen-bond donors (Lipinski definition) is 0. The molecule has 1 aromatic carbocycles. The second-order valence-corrected chi connectivity index (χ2v) is 11.1. The third-order valence-electron chi connectivity index (χ3n) is 5.18. The van der Waals surface area contributed by atoms with Crippen LogP contribution in [0.4, 0.5) is 4.79 Å². The van der Waals surface area contributed by atoms with Crippen LogP contribution in [-0.4, -0.2) is 69.2 Å². The minimum Gasteiger partial charge on any atom is -0.493 e. The Morgan fingerprint density at radius 1 is 1.19 bits per heavy atom. The number of rotatable bonds is 7. The number of sulfonamides is 1. The van der Waals surface area contributed by atoms with Gasteiger partial charge in [-0.2, -0.15) is 4.31 Å². The molecule has 0 N–H and O–H groups in total. The molecule has 0 aromatic heterocycles. The summed E-state index contributed by atoms with van der Waals surface area (Å²) < 4.78 is 44.0. The summed E-state index contributed by atoms with van der Waals surface area (Å²) >= 11 is 0. The Morgan fingerprint density at radius 3 is 2.39 bits per heavy atom. The summed E-state index contributed by atoms with van der Waals surface area (Å²) in [5.74, 6) is 0.870. The highest BCUT2D eigenvalue weighted by Gasteiger charge is 2.34. The highest BCUT2D eigenvalue weighted by molar-refractivity contribution is 7.89. The van der Waals surface area contributed by atoms with Gasteiger partial charge < -0.3 is 19.1 Å². The van der Waals surface area contributed by atoms with Crippen molar-refractivity contribution in [2.24, 2.45) is 5.92 Å². The van der Waals surface area contributed by atoms with Crippen molar-refractivity contribution in [2.75, 3.05) is 33.9 Å². The van der Waals surface area contributed by atoms with Crippen molar-refractivity contribution in [2.45, 2.75) is 64.0 Å². The second kappa shape index (κ2) is 10.1. The molecule has 9 heteroatoms. The monoisotopic (exact) mass is 456 g/mol. The van der Waals surface area contributed by atoms with Crippen LogP contribution < -0.4 is 9.47 Å². The van der Waals surface area contributed by atoms with Gasteiger partial charge in [0.2, 0.25) is 10.0 Å². The first-order valence-electron chi connectivity index (χ1n) is 10.6. The fourth-order valence-electron chi connectivity index (χ4n) is 3.62. The Bertz CT molecular complexity index is 863. The van der Waals surface area contributed by atoms with E-state index in [2.05, 4.69) is 0 Å². The van der Waals surface area contributed by atoms with Crippen molar-refractivity contribution < 1.29 is 27.4 Å². The highest BCUT2D eigenvalue weighted by atomic mass is 32.2. The number of carbonyl (C=O) groups excluding carboxylic acids is 1. The Kier molecular flexibility index (Phi) is 8.21. The summed E-state index contributed by atoms with van der Waals surface area (Å²) in [4.78, 5) is 14.5. The summed E-state index contributed by atoms with van der Waals surface area (Å²) in [5.41, 5.74) is -0.584. The van der Waals surface area contributed by atoms with Crippen molar-refractivity contribution >= 4 is 16.1 Å². The standard InChI is InChI=1S/C22H36N2O6S/c1-16(2)24(21(25)30-22(3,4)5)15-17-9-8-12-23(14-17)31(26,27)18-10-11-19(28-6)20(13-18)29-7/h10-11,13,16-17H,8-9,12,14-15H2,1-7H3. The quantitative estimate of drug-likeness (QED) is 0.621. The molecule has 1 aliphatic heterocycles. The number of piperidine rings is 1. The van der Waals surface area contributed by atoms with Crippen LogP contribution in [0.5, 0.6) is 11.5 Å². The molecule has 2 rings (SSSR count). The molecule has 0 radical (unpaired) electrons. The molecule has 1 heterocycles. The van der Waals surface area contributed by atoms with Gasteiger partial charge in [0.25, 0.3) is 0 Å². The molecular weight excluding hydrogens is 420 g/mol. The molecule has 8 nitrogen and oxygen atoms in total. The van der Waals surface area contributed by atoms with Crippen LogP contribution in [0, 0.1) is 5.92 Å². The number of benzene rings is 1. The molecule has 31 heavy (non-hydrogen) atoms. The topological polar surface area (TPSA) is 85.4 Å². The lowest BCUT2D eigenvalue weighted by Crippen LogP contribution is -2.48. The third-order valence-corrected chi connectivity index (χ3v) is 7.04. The molecule has 0 aliphatic carbocycles. The first-order chi connectivity index (χ1) is 14.4. The van der Waals surface area contributed by atoms with E-state index in [-0.39, 0.29) is 22.9 Å². The zero-order valence-corrected chi connectivity index (χ0v) is 20.5. The third kappa shape index (κ3) is 6.49. The van der Waals surface area contributed by atoms with Gasteiger partial charge in [0.05, 0.1) is 19.1 Å². The Hall–Kier alpha value is -2.00. The molecule has 176 valence electrons. The van der Waals surface area contributed by atoms with E-state index in [1.165, 1.54) is 30.7 Å². The molecule has 0 bridgehead atoms. The zero-order valence-electron chi connectivity index (χ0n) is 19.7. The maximum atomic E-state index is 13.3. The van der Waals surface area contributed by atoms with Crippen molar-refractivity contribution in [3.8, 4) is 11.5 Å². The molecule has 1 atom stereocenters. The number of hydrogen-bond acceptors (Lipinski definition) is 6. The number of carbonyl (C=O) groups is 1. The van der Waals surface area contributed by atoms with Gasteiger partial charge in [-0.05, 0) is 65.5 Å². The summed E-state index contributed by atoms with van der Waals surface area (Å²) in [6.45, 7) is 10.6. The summed E-state index contributed by atoms with van der Waals surface area (Å²) in [6, 6.07) is 4.56. The molecule has 1 saturated heterocycles. The predicted molar refractivity (Wildman–Crippen MR) is 119 cm³/mol. The fraction of sp³-hybridized carbons (Fsp3) is 0.682. The SMILES string of the molecule is COc1ccc(S(=O)(=O)N2CCCC(CN(C(=O)OC(C)(C)C)C(C)C)C2)cc1OC. The molecule has 0 saturated carbocycles. The Labute approximate surface area is 186 Å². The van der Waals surface area contributed by atoms with E-state index in [4.69, 9.17) is 14.2 Å². The van der Waals surface area contributed by atoms with Crippen LogP contribution in [0.3, 0.4) is 0 Å². The lowest BCUT2D eigenvalue weighted by Gasteiger charge is -2.37. The van der Waals surface area contributed by atoms with Crippen LogP contribution >= 0.6 is 0 Å². The van der Waals surface area contributed by atoms with E-state index in [9.17, 15) is 13.2 Å². The summed E-state index contributed by atoms with van der Waals surface area (Å²) in [6.07, 6.45) is 1.21. The smallest absolute Gasteiger partial charge is 0.410 e. The lowest BCUT2D eigenvalue weighted by molar-refractivity contribution is 0.0138. The first-order valence-corrected chi connectivity index (χ1v) is 12.0.